The van der Waals surface area contributed by atoms with Crippen LogP contribution in [0, 0.1) is 0 Å². The molecule has 0 aliphatic carbocycles. The zero-order chi connectivity index (χ0) is 13.7. The summed E-state index contributed by atoms with van der Waals surface area (Å²) in [7, 11) is 0. The zero-order valence-electron chi connectivity index (χ0n) is 12.3. The van der Waals surface area contributed by atoms with E-state index in [1.54, 1.807) is 0 Å². The molecule has 0 aromatic carbocycles. The average Bonchev–Trinajstić information content (AvgIpc) is 2.30. The smallest absolute Gasteiger partial charge is 0.249 e. The number of piperidine rings is 1. The van der Waals surface area contributed by atoms with Crippen molar-refractivity contribution >= 4 is 5.91 Å². The third-order valence-electron chi connectivity index (χ3n) is 3.45. The lowest BCUT2D eigenvalue weighted by atomic mass is 9.94. The van der Waals surface area contributed by atoms with Crippen LogP contribution in [0.25, 0.3) is 0 Å². The Kier molecular flexibility index (Phi) is 6.09. The molecule has 1 fully saturated rings. The summed E-state index contributed by atoms with van der Waals surface area (Å²) in [6.07, 6.45) is 2.96. The summed E-state index contributed by atoms with van der Waals surface area (Å²) in [6.45, 7) is 10.1. The summed E-state index contributed by atoms with van der Waals surface area (Å²) in [4.78, 5) is 11.8. The monoisotopic (exact) mass is 256 g/mol. The number of carbonyl (C=O) groups excluding carboxylic acids is 1. The molecule has 2 N–H and O–H groups in total. The van der Waals surface area contributed by atoms with E-state index in [4.69, 9.17) is 4.74 Å². The van der Waals surface area contributed by atoms with Crippen molar-refractivity contribution in [3.05, 3.63) is 0 Å². The van der Waals surface area contributed by atoms with Gasteiger partial charge in [-0.2, -0.15) is 0 Å². The molecule has 0 saturated carbocycles. The van der Waals surface area contributed by atoms with E-state index in [0.717, 1.165) is 19.3 Å². The second kappa shape index (κ2) is 7.10. The largest absolute Gasteiger partial charge is 0.364 e. The van der Waals surface area contributed by atoms with Crippen molar-refractivity contribution in [2.75, 3.05) is 0 Å². The van der Waals surface area contributed by atoms with Gasteiger partial charge in [-0.25, -0.2) is 0 Å². The molecule has 0 aromatic heterocycles. The SMILES string of the molecule is CCC1NC(C)CCC1OC(C)C(=O)NC(C)C. The lowest BCUT2D eigenvalue weighted by molar-refractivity contribution is -0.138. The van der Waals surface area contributed by atoms with Gasteiger partial charge in [0.15, 0.2) is 0 Å². The Bertz CT molecular complexity index is 269. The molecule has 1 aliphatic heterocycles. The Labute approximate surface area is 111 Å². The number of amides is 1. The molecule has 0 spiro atoms. The predicted molar refractivity (Wildman–Crippen MR) is 73.5 cm³/mol. The number of rotatable bonds is 5. The normalized spacial score (nSPS) is 30.2. The molecular formula is C14H28N2O2. The standard InChI is InChI=1S/C14H28N2O2/c1-6-12-13(8-7-10(4)16-12)18-11(5)14(17)15-9(2)3/h9-13,16H,6-8H2,1-5H3,(H,15,17). The van der Waals surface area contributed by atoms with Crippen LogP contribution in [0.1, 0.15) is 53.9 Å². The van der Waals surface area contributed by atoms with Crippen molar-refractivity contribution in [1.29, 1.82) is 0 Å². The Hall–Kier alpha value is -0.610. The number of carbonyl (C=O) groups is 1. The van der Waals surface area contributed by atoms with Crippen LogP contribution in [0.3, 0.4) is 0 Å². The predicted octanol–water partition coefficient (Wildman–Crippen LogP) is 1.84. The Morgan fingerprint density at radius 2 is 2.06 bits per heavy atom. The van der Waals surface area contributed by atoms with Gasteiger partial charge in [0.25, 0.3) is 0 Å². The van der Waals surface area contributed by atoms with Crippen molar-refractivity contribution in [3.8, 4) is 0 Å². The molecule has 18 heavy (non-hydrogen) atoms. The molecule has 4 atom stereocenters. The van der Waals surface area contributed by atoms with Crippen molar-refractivity contribution in [3.63, 3.8) is 0 Å². The van der Waals surface area contributed by atoms with E-state index in [-0.39, 0.29) is 24.2 Å². The van der Waals surface area contributed by atoms with Gasteiger partial charge in [-0.1, -0.05) is 6.92 Å². The summed E-state index contributed by atoms with van der Waals surface area (Å²) in [5.41, 5.74) is 0. The lowest BCUT2D eigenvalue weighted by Gasteiger charge is -2.36. The number of ether oxygens (including phenoxy) is 1. The van der Waals surface area contributed by atoms with Crippen LogP contribution < -0.4 is 10.6 Å². The maximum Gasteiger partial charge on any atom is 0.249 e. The second-order valence-electron chi connectivity index (χ2n) is 5.64. The highest BCUT2D eigenvalue weighted by atomic mass is 16.5. The van der Waals surface area contributed by atoms with Gasteiger partial charge in [0.1, 0.15) is 6.10 Å². The molecule has 4 nitrogen and oxygen atoms in total. The van der Waals surface area contributed by atoms with Gasteiger partial charge in [-0.3, -0.25) is 4.79 Å². The lowest BCUT2D eigenvalue weighted by Crippen LogP contribution is -2.52. The molecule has 4 heteroatoms. The second-order valence-corrected chi connectivity index (χ2v) is 5.64. The first-order chi connectivity index (χ1) is 8.43. The maximum atomic E-state index is 11.8. The summed E-state index contributed by atoms with van der Waals surface area (Å²) in [6, 6.07) is 1.08. The highest BCUT2D eigenvalue weighted by molar-refractivity contribution is 5.80. The van der Waals surface area contributed by atoms with E-state index < -0.39 is 0 Å². The molecule has 1 rings (SSSR count). The van der Waals surface area contributed by atoms with E-state index in [0.29, 0.717) is 12.1 Å². The molecule has 1 heterocycles. The van der Waals surface area contributed by atoms with Crippen molar-refractivity contribution in [2.24, 2.45) is 0 Å². The van der Waals surface area contributed by atoms with Gasteiger partial charge in [0.05, 0.1) is 6.10 Å². The van der Waals surface area contributed by atoms with Crippen LogP contribution in [0.15, 0.2) is 0 Å². The molecule has 1 amide bonds. The summed E-state index contributed by atoms with van der Waals surface area (Å²) < 4.78 is 5.93. The third kappa shape index (κ3) is 4.58. The quantitative estimate of drug-likeness (QED) is 0.789. The van der Waals surface area contributed by atoms with Gasteiger partial charge in [-0.15, -0.1) is 0 Å². The van der Waals surface area contributed by atoms with Gasteiger partial charge < -0.3 is 15.4 Å². The Balaban J connectivity index is 2.47. The average molecular weight is 256 g/mol. The fourth-order valence-electron chi connectivity index (χ4n) is 2.44. The highest BCUT2D eigenvalue weighted by Gasteiger charge is 2.30. The molecule has 0 radical (unpaired) electrons. The third-order valence-corrected chi connectivity index (χ3v) is 3.45. The zero-order valence-corrected chi connectivity index (χ0v) is 12.3. The van der Waals surface area contributed by atoms with E-state index in [1.165, 1.54) is 0 Å². The van der Waals surface area contributed by atoms with Gasteiger partial charge in [0, 0.05) is 18.1 Å². The number of hydrogen-bond donors (Lipinski definition) is 2. The molecular weight excluding hydrogens is 228 g/mol. The van der Waals surface area contributed by atoms with Gasteiger partial charge in [0.2, 0.25) is 5.91 Å². The van der Waals surface area contributed by atoms with Gasteiger partial charge in [-0.05, 0) is 47.0 Å². The fourth-order valence-corrected chi connectivity index (χ4v) is 2.44. The molecule has 4 unspecified atom stereocenters. The summed E-state index contributed by atoms with van der Waals surface area (Å²) >= 11 is 0. The molecule has 106 valence electrons. The minimum Gasteiger partial charge on any atom is -0.364 e. The minimum atomic E-state index is -0.373. The Morgan fingerprint density at radius 3 is 2.61 bits per heavy atom. The first kappa shape index (κ1) is 15.4. The molecule has 0 bridgehead atoms. The van der Waals surface area contributed by atoms with Crippen LogP contribution in [0.2, 0.25) is 0 Å². The molecule has 1 aliphatic rings. The Morgan fingerprint density at radius 1 is 1.39 bits per heavy atom. The molecule has 1 saturated heterocycles. The first-order valence-electron chi connectivity index (χ1n) is 7.15. The highest BCUT2D eigenvalue weighted by Crippen LogP contribution is 2.20. The van der Waals surface area contributed by atoms with Crippen LogP contribution in [-0.4, -0.2) is 36.2 Å². The van der Waals surface area contributed by atoms with E-state index in [9.17, 15) is 4.79 Å². The van der Waals surface area contributed by atoms with Crippen LogP contribution in [0.4, 0.5) is 0 Å². The van der Waals surface area contributed by atoms with Crippen molar-refractivity contribution in [1.82, 2.24) is 10.6 Å². The van der Waals surface area contributed by atoms with Crippen molar-refractivity contribution in [2.45, 2.75) is 84.2 Å². The fraction of sp³-hybridized carbons (Fsp3) is 0.929. The summed E-state index contributed by atoms with van der Waals surface area (Å²) in [5.74, 6) is -0.0153. The number of nitrogens with one attached hydrogen (secondary N) is 2. The van der Waals surface area contributed by atoms with Gasteiger partial charge >= 0.3 is 0 Å². The first-order valence-corrected chi connectivity index (χ1v) is 7.15. The van der Waals surface area contributed by atoms with Crippen LogP contribution in [-0.2, 0) is 9.53 Å². The van der Waals surface area contributed by atoms with Crippen molar-refractivity contribution < 1.29 is 9.53 Å². The van der Waals surface area contributed by atoms with E-state index >= 15 is 0 Å². The van der Waals surface area contributed by atoms with E-state index in [1.807, 2.05) is 20.8 Å². The molecule has 0 aromatic rings. The van der Waals surface area contributed by atoms with Crippen LogP contribution >= 0.6 is 0 Å². The number of hydrogen-bond acceptors (Lipinski definition) is 3. The summed E-state index contributed by atoms with van der Waals surface area (Å²) in [5, 5.41) is 6.43. The maximum absolute atomic E-state index is 11.8. The minimum absolute atomic E-state index is 0.0153. The van der Waals surface area contributed by atoms with E-state index in [2.05, 4.69) is 24.5 Å². The topological polar surface area (TPSA) is 50.4 Å². The van der Waals surface area contributed by atoms with Crippen LogP contribution in [0.5, 0.6) is 0 Å².